The van der Waals surface area contributed by atoms with Gasteiger partial charge in [0.2, 0.25) is 0 Å². The average molecular weight is 455 g/mol. The summed E-state index contributed by atoms with van der Waals surface area (Å²) >= 11 is 0. The summed E-state index contributed by atoms with van der Waals surface area (Å²) in [6.45, 7) is 5.76. The van der Waals surface area contributed by atoms with E-state index in [1.165, 1.54) is 0 Å². The van der Waals surface area contributed by atoms with Gasteiger partial charge < -0.3 is 14.8 Å². The number of benzene rings is 3. The summed E-state index contributed by atoms with van der Waals surface area (Å²) in [5, 5.41) is 3.54. The molecular weight excluding hydrogens is 428 g/mol. The summed E-state index contributed by atoms with van der Waals surface area (Å²) in [4.78, 5) is 29.7. The summed E-state index contributed by atoms with van der Waals surface area (Å²) in [5.74, 6) is -0.234. The largest absolute Gasteiger partial charge is 0.483 e. The van der Waals surface area contributed by atoms with Crippen molar-refractivity contribution in [2.45, 2.75) is 20.8 Å². The number of pyridine rings is 1. The number of rotatable bonds is 7. The number of esters is 1. The van der Waals surface area contributed by atoms with E-state index in [0.717, 1.165) is 22.4 Å². The first-order valence-corrected chi connectivity index (χ1v) is 11.1. The van der Waals surface area contributed by atoms with Crippen LogP contribution in [0, 0.1) is 13.8 Å². The van der Waals surface area contributed by atoms with Crippen LogP contribution in [0.1, 0.15) is 28.4 Å². The molecule has 0 spiro atoms. The van der Waals surface area contributed by atoms with Gasteiger partial charge in [0.25, 0.3) is 5.91 Å². The van der Waals surface area contributed by atoms with Crippen LogP contribution in [0.15, 0.2) is 72.8 Å². The van der Waals surface area contributed by atoms with E-state index in [1.54, 1.807) is 31.2 Å². The number of ether oxygens (including phenoxy) is 2. The number of carbonyl (C=O) groups is 2. The lowest BCUT2D eigenvalue weighted by atomic mass is 10.1. The zero-order valence-electron chi connectivity index (χ0n) is 19.4. The van der Waals surface area contributed by atoms with E-state index < -0.39 is 5.97 Å². The van der Waals surface area contributed by atoms with Crippen molar-refractivity contribution in [3.63, 3.8) is 0 Å². The molecule has 0 bridgehead atoms. The second kappa shape index (κ2) is 10.2. The smallest absolute Gasteiger partial charge is 0.338 e. The highest BCUT2D eigenvalue weighted by molar-refractivity contribution is 5.98. The van der Waals surface area contributed by atoms with Gasteiger partial charge in [0.15, 0.2) is 6.61 Å². The van der Waals surface area contributed by atoms with Gasteiger partial charge in [-0.3, -0.25) is 4.79 Å². The number of hydrogen-bond acceptors (Lipinski definition) is 5. The number of aryl methyl sites for hydroxylation is 2. The number of fused-ring (bicyclic) bond motifs is 1. The van der Waals surface area contributed by atoms with Gasteiger partial charge in [0.1, 0.15) is 5.75 Å². The zero-order chi connectivity index (χ0) is 24.1. The Bertz CT molecular complexity index is 1350. The second-order valence-electron chi connectivity index (χ2n) is 7.98. The topological polar surface area (TPSA) is 77.5 Å². The number of nitrogens with zero attached hydrogens (tertiary/aromatic N) is 1. The fourth-order valence-electron chi connectivity index (χ4n) is 3.61. The van der Waals surface area contributed by atoms with Gasteiger partial charge in [-0.2, -0.15) is 0 Å². The lowest BCUT2D eigenvalue weighted by Crippen LogP contribution is -2.21. The summed E-state index contributed by atoms with van der Waals surface area (Å²) in [6.07, 6.45) is 0. The van der Waals surface area contributed by atoms with Crippen LogP contribution in [0.3, 0.4) is 0 Å². The quantitative estimate of drug-likeness (QED) is 0.362. The van der Waals surface area contributed by atoms with E-state index in [0.29, 0.717) is 27.9 Å². The van der Waals surface area contributed by atoms with Crippen LogP contribution >= 0.6 is 0 Å². The number of aromatic nitrogens is 1. The summed E-state index contributed by atoms with van der Waals surface area (Å²) < 4.78 is 11.1. The molecule has 4 rings (SSSR count). The Morgan fingerprint density at radius 3 is 2.50 bits per heavy atom. The molecule has 3 aromatic carbocycles. The third-order valence-corrected chi connectivity index (χ3v) is 5.38. The second-order valence-corrected chi connectivity index (χ2v) is 7.98. The molecule has 0 aliphatic carbocycles. The van der Waals surface area contributed by atoms with E-state index in [9.17, 15) is 9.59 Å². The predicted molar refractivity (Wildman–Crippen MR) is 133 cm³/mol. The molecule has 6 heteroatoms. The Morgan fingerprint density at radius 2 is 1.74 bits per heavy atom. The lowest BCUT2D eigenvalue weighted by molar-refractivity contribution is -0.118. The number of amides is 1. The van der Waals surface area contributed by atoms with Gasteiger partial charge in [-0.05, 0) is 56.2 Å². The van der Waals surface area contributed by atoms with Gasteiger partial charge >= 0.3 is 5.97 Å². The van der Waals surface area contributed by atoms with Crippen molar-refractivity contribution in [2.75, 3.05) is 18.5 Å². The lowest BCUT2D eigenvalue weighted by Gasteiger charge is -2.14. The molecule has 1 N–H and O–H groups in total. The molecule has 0 aliphatic rings. The minimum atomic E-state index is -0.421. The molecule has 0 saturated carbocycles. The first-order valence-electron chi connectivity index (χ1n) is 11.1. The minimum absolute atomic E-state index is 0.190. The van der Waals surface area contributed by atoms with E-state index in [2.05, 4.69) is 5.32 Å². The van der Waals surface area contributed by atoms with Gasteiger partial charge in [0, 0.05) is 22.7 Å². The fraction of sp³-hybridized carbons (Fsp3) is 0.179. The molecule has 0 aliphatic heterocycles. The van der Waals surface area contributed by atoms with E-state index in [1.807, 2.05) is 62.4 Å². The van der Waals surface area contributed by atoms with E-state index in [-0.39, 0.29) is 19.1 Å². The Labute approximate surface area is 198 Å². The van der Waals surface area contributed by atoms with Crippen molar-refractivity contribution in [3.05, 3.63) is 89.5 Å². The number of carbonyl (C=O) groups excluding carboxylic acids is 2. The van der Waals surface area contributed by atoms with E-state index >= 15 is 0 Å². The normalized spacial score (nSPS) is 10.7. The van der Waals surface area contributed by atoms with Crippen LogP contribution < -0.4 is 10.1 Å². The molecule has 0 radical (unpaired) electrons. The summed E-state index contributed by atoms with van der Waals surface area (Å²) in [7, 11) is 0. The van der Waals surface area contributed by atoms with Gasteiger partial charge in [-0.15, -0.1) is 0 Å². The molecule has 1 heterocycles. The molecular formula is C28H26N2O4. The van der Waals surface area contributed by atoms with Crippen molar-refractivity contribution in [2.24, 2.45) is 0 Å². The Kier molecular flexibility index (Phi) is 6.87. The third-order valence-electron chi connectivity index (χ3n) is 5.38. The van der Waals surface area contributed by atoms with Crippen LogP contribution in [0.5, 0.6) is 5.75 Å². The standard InChI is InChI=1S/C28H26N2O4/c1-4-33-28(32)21-12-13-23-22(15-21)26(16-25(29-23)20-8-6-5-7-9-20)34-17-27(31)30-24-14-18(2)10-11-19(24)3/h5-16H,4,17H2,1-3H3,(H,30,31). The monoisotopic (exact) mass is 454 g/mol. The third kappa shape index (κ3) is 5.23. The van der Waals surface area contributed by atoms with Crippen molar-refractivity contribution in [3.8, 4) is 17.0 Å². The number of hydrogen-bond donors (Lipinski definition) is 1. The fourth-order valence-corrected chi connectivity index (χ4v) is 3.61. The van der Waals surface area contributed by atoms with Crippen LogP contribution in [0.25, 0.3) is 22.2 Å². The Morgan fingerprint density at radius 1 is 0.941 bits per heavy atom. The Hall–Kier alpha value is -4.19. The van der Waals surface area contributed by atoms with Gasteiger partial charge in [0.05, 0.1) is 23.4 Å². The van der Waals surface area contributed by atoms with Crippen molar-refractivity contribution in [1.29, 1.82) is 0 Å². The van der Waals surface area contributed by atoms with Crippen molar-refractivity contribution >= 4 is 28.5 Å². The highest BCUT2D eigenvalue weighted by Gasteiger charge is 2.15. The first kappa shape index (κ1) is 23.0. The average Bonchev–Trinajstić information content (AvgIpc) is 2.85. The maximum Gasteiger partial charge on any atom is 0.338 e. The zero-order valence-corrected chi connectivity index (χ0v) is 19.4. The first-order chi connectivity index (χ1) is 16.4. The molecule has 1 amide bonds. The van der Waals surface area contributed by atoms with Gasteiger partial charge in [-0.1, -0.05) is 42.5 Å². The molecule has 0 fully saturated rings. The van der Waals surface area contributed by atoms with Crippen LogP contribution in [-0.2, 0) is 9.53 Å². The predicted octanol–water partition coefficient (Wildman–Crippen LogP) is 5.71. The molecule has 4 aromatic rings. The van der Waals surface area contributed by atoms with Gasteiger partial charge in [-0.25, -0.2) is 9.78 Å². The highest BCUT2D eigenvalue weighted by atomic mass is 16.5. The summed E-state index contributed by atoms with van der Waals surface area (Å²) in [5.41, 5.74) is 5.46. The molecule has 34 heavy (non-hydrogen) atoms. The molecule has 6 nitrogen and oxygen atoms in total. The maximum absolute atomic E-state index is 12.7. The highest BCUT2D eigenvalue weighted by Crippen LogP contribution is 2.31. The Balaban J connectivity index is 1.66. The molecule has 0 unspecified atom stereocenters. The maximum atomic E-state index is 12.7. The number of nitrogens with one attached hydrogen (secondary N) is 1. The number of anilines is 1. The molecule has 0 saturated heterocycles. The minimum Gasteiger partial charge on any atom is -0.483 e. The molecule has 0 atom stereocenters. The van der Waals surface area contributed by atoms with Crippen LogP contribution in [0.2, 0.25) is 0 Å². The SMILES string of the molecule is CCOC(=O)c1ccc2nc(-c3ccccc3)cc(OCC(=O)Nc3cc(C)ccc3C)c2c1. The summed E-state index contributed by atoms with van der Waals surface area (Å²) in [6, 6.07) is 22.5. The van der Waals surface area contributed by atoms with Crippen molar-refractivity contribution < 1.29 is 19.1 Å². The van der Waals surface area contributed by atoms with Crippen molar-refractivity contribution in [1.82, 2.24) is 4.98 Å². The van der Waals surface area contributed by atoms with Crippen LogP contribution in [-0.4, -0.2) is 30.1 Å². The molecule has 172 valence electrons. The van der Waals surface area contributed by atoms with E-state index in [4.69, 9.17) is 14.5 Å². The van der Waals surface area contributed by atoms with Crippen LogP contribution in [0.4, 0.5) is 5.69 Å². The molecule has 1 aromatic heterocycles.